The molecule has 2 heterocycles. The number of benzene rings is 1. The topological polar surface area (TPSA) is 53.5 Å². The van der Waals surface area contributed by atoms with Crippen molar-refractivity contribution in [3.05, 3.63) is 65.0 Å². The van der Waals surface area contributed by atoms with E-state index in [1.165, 1.54) is 5.56 Å². The van der Waals surface area contributed by atoms with Crippen LogP contribution in [0.4, 0.5) is 0 Å². The van der Waals surface area contributed by atoms with Crippen molar-refractivity contribution in [3.8, 4) is 0 Å². The minimum absolute atomic E-state index is 0.0103. The zero-order valence-electron chi connectivity index (χ0n) is 15.4. The van der Waals surface area contributed by atoms with E-state index in [-0.39, 0.29) is 11.8 Å². The van der Waals surface area contributed by atoms with Gasteiger partial charge >= 0.3 is 0 Å². The number of nitrogens with zero attached hydrogens (tertiary/aromatic N) is 3. The second-order valence-corrected chi connectivity index (χ2v) is 6.87. The van der Waals surface area contributed by atoms with Crippen molar-refractivity contribution in [1.29, 1.82) is 0 Å². The molecule has 3 rings (SSSR count). The van der Waals surface area contributed by atoms with Gasteiger partial charge in [0.1, 0.15) is 0 Å². The van der Waals surface area contributed by atoms with Crippen molar-refractivity contribution >= 4 is 11.8 Å². The lowest BCUT2D eigenvalue weighted by Crippen LogP contribution is -2.38. The number of aromatic nitrogens is 1. The van der Waals surface area contributed by atoms with Crippen molar-refractivity contribution in [2.24, 2.45) is 0 Å². The summed E-state index contributed by atoms with van der Waals surface area (Å²) >= 11 is 0. The summed E-state index contributed by atoms with van der Waals surface area (Å²) in [6, 6.07) is 9.67. The molecule has 5 heteroatoms. The molecular weight excluding hydrogens is 326 g/mol. The largest absolute Gasteiger partial charge is 0.341 e. The number of aryl methyl sites for hydroxylation is 2. The van der Waals surface area contributed by atoms with E-state index in [0.717, 1.165) is 17.5 Å². The Bertz CT molecular complexity index is 789. The van der Waals surface area contributed by atoms with Gasteiger partial charge in [0, 0.05) is 44.1 Å². The molecule has 0 atom stereocenters. The van der Waals surface area contributed by atoms with Gasteiger partial charge in [0.05, 0.1) is 6.42 Å². The van der Waals surface area contributed by atoms with Crippen LogP contribution in [0, 0.1) is 13.8 Å². The van der Waals surface area contributed by atoms with E-state index in [2.05, 4.69) is 18.0 Å². The highest BCUT2D eigenvalue weighted by Crippen LogP contribution is 2.14. The van der Waals surface area contributed by atoms with Crippen LogP contribution < -0.4 is 0 Å². The molecule has 2 aromatic rings. The highest BCUT2D eigenvalue weighted by molar-refractivity contribution is 5.94. The zero-order valence-corrected chi connectivity index (χ0v) is 15.4. The van der Waals surface area contributed by atoms with Gasteiger partial charge in [-0.05, 0) is 43.5 Å². The van der Waals surface area contributed by atoms with E-state index in [4.69, 9.17) is 0 Å². The summed E-state index contributed by atoms with van der Waals surface area (Å²) in [6.45, 7) is 6.63. The highest BCUT2D eigenvalue weighted by atomic mass is 16.2. The Morgan fingerprint density at radius 1 is 0.962 bits per heavy atom. The lowest BCUT2D eigenvalue weighted by atomic mass is 10.0. The zero-order chi connectivity index (χ0) is 18.5. The molecule has 136 valence electrons. The third-order valence-corrected chi connectivity index (χ3v) is 4.90. The monoisotopic (exact) mass is 351 g/mol. The fourth-order valence-corrected chi connectivity index (χ4v) is 3.37. The molecule has 1 fully saturated rings. The summed E-state index contributed by atoms with van der Waals surface area (Å²) in [5.74, 6) is 0.145. The summed E-state index contributed by atoms with van der Waals surface area (Å²) in [7, 11) is 0. The van der Waals surface area contributed by atoms with E-state index in [0.29, 0.717) is 38.2 Å². The number of hydrogen-bond acceptors (Lipinski definition) is 3. The fraction of sp³-hybridized carbons (Fsp3) is 0.381. The van der Waals surface area contributed by atoms with Crippen molar-refractivity contribution < 1.29 is 9.59 Å². The quantitative estimate of drug-likeness (QED) is 0.854. The SMILES string of the molecule is Cc1ccc(CC(=O)N2CCCN(C(=O)c3ccncc3)CC2)c(C)c1. The molecule has 5 nitrogen and oxygen atoms in total. The van der Waals surface area contributed by atoms with Crippen LogP contribution in [-0.2, 0) is 11.2 Å². The maximum atomic E-state index is 12.7. The summed E-state index contributed by atoms with van der Waals surface area (Å²) in [5, 5.41) is 0. The molecule has 0 unspecified atom stereocenters. The summed E-state index contributed by atoms with van der Waals surface area (Å²) in [4.78, 5) is 33.0. The van der Waals surface area contributed by atoms with Crippen LogP contribution in [0.25, 0.3) is 0 Å². The Labute approximate surface area is 154 Å². The summed E-state index contributed by atoms with van der Waals surface area (Å²) in [6.07, 6.45) is 4.48. The molecule has 0 radical (unpaired) electrons. The van der Waals surface area contributed by atoms with Crippen molar-refractivity contribution in [2.45, 2.75) is 26.7 Å². The Morgan fingerprint density at radius 2 is 1.65 bits per heavy atom. The molecule has 1 saturated heterocycles. The lowest BCUT2D eigenvalue weighted by Gasteiger charge is -2.22. The lowest BCUT2D eigenvalue weighted by molar-refractivity contribution is -0.130. The third-order valence-electron chi connectivity index (χ3n) is 4.90. The van der Waals surface area contributed by atoms with Gasteiger partial charge in [0.2, 0.25) is 5.91 Å². The van der Waals surface area contributed by atoms with Gasteiger partial charge in [-0.15, -0.1) is 0 Å². The van der Waals surface area contributed by atoms with Gasteiger partial charge in [-0.1, -0.05) is 23.8 Å². The number of amides is 2. The molecule has 2 amide bonds. The van der Waals surface area contributed by atoms with Gasteiger partial charge in [-0.3, -0.25) is 14.6 Å². The van der Waals surface area contributed by atoms with Crippen molar-refractivity contribution in [2.75, 3.05) is 26.2 Å². The average molecular weight is 351 g/mol. The molecule has 0 spiro atoms. The second-order valence-electron chi connectivity index (χ2n) is 6.87. The predicted molar refractivity (Wildman–Crippen MR) is 101 cm³/mol. The van der Waals surface area contributed by atoms with E-state index in [1.54, 1.807) is 24.5 Å². The number of rotatable bonds is 3. The van der Waals surface area contributed by atoms with Crippen molar-refractivity contribution in [1.82, 2.24) is 14.8 Å². The highest BCUT2D eigenvalue weighted by Gasteiger charge is 2.23. The number of hydrogen-bond donors (Lipinski definition) is 0. The summed E-state index contributed by atoms with van der Waals surface area (Å²) < 4.78 is 0. The van der Waals surface area contributed by atoms with Crippen molar-refractivity contribution in [3.63, 3.8) is 0 Å². The van der Waals surface area contributed by atoms with E-state index in [1.807, 2.05) is 28.9 Å². The average Bonchev–Trinajstić information content (AvgIpc) is 2.90. The Morgan fingerprint density at radius 3 is 2.38 bits per heavy atom. The first-order chi connectivity index (χ1) is 12.5. The van der Waals surface area contributed by atoms with Gasteiger partial charge in [-0.25, -0.2) is 0 Å². The van der Waals surface area contributed by atoms with Gasteiger partial charge in [-0.2, -0.15) is 0 Å². The van der Waals surface area contributed by atoms with Gasteiger partial charge < -0.3 is 9.80 Å². The molecule has 1 aromatic heterocycles. The van der Waals surface area contributed by atoms with Crippen LogP contribution in [0.2, 0.25) is 0 Å². The first kappa shape index (κ1) is 18.1. The van der Waals surface area contributed by atoms with Crippen LogP contribution in [0.15, 0.2) is 42.7 Å². The maximum absolute atomic E-state index is 12.7. The van der Waals surface area contributed by atoms with Crippen LogP contribution in [0.3, 0.4) is 0 Å². The molecule has 0 saturated carbocycles. The number of pyridine rings is 1. The number of carbonyl (C=O) groups excluding carboxylic acids is 2. The van der Waals surface area contributed by atoms with Gasteiger partial charge in [0.15, 0.2) is 0 Å². The predicted octanol–water partition coefficient (Wildman–Crippen LogP) is 2.62. The van der Waals surface area contributed by atoms with E-state index < -0.39 is 0 Å². The molecule has 1 aliphatic heterocycles. The maximum Gasteiger partial charge on any atom is 0.254 e. The van der Waals surface area contributed by atoms with E-state index >= 15 is 0 Å². The minimum atomic E-state index is 0.0103. The Balaban J connectivity index is 1.61. The van der Waals surface area contributed by atoms with Crippen LogP contribution in [-0.4, -0.2) is 52.8 Å². The van der Waals surface area contributed by atoms with Crippen LogP contribution >= 0.6 is 0 Å². The van der Waals surface area contributed by atoms with Gasteiger partial charge in [0.25, 0.3) is 5.91 Å². The summed E-state index contributed by atoms with van der Waals surface area (Å²) in [5.41, 5.74) is 4.09. The normalized spacial score (nSPS) is 14.8. The second kappa shape index (κ2) is 8.13. The molecule has 26 heavy (non-hydrogen) atoms. The molecule has 1 aliphatic rings. The van der Waals surface area contributed by atoms with Crippen LogP contribution in [0.1, 0.15) is 33.5 Å². The molecule has 1 aromatic carbocycles. The Hall–Kier alpha value is -2.69. The molecule has 0 bridgehead atoms. The smallest absolute Gasteiger partial charge is 0.254 e. The fourth-order valence-electron chi connectivity index (χ4n) is 3.37. The molecule has 0 N–H and O–H groups in total. The number of carbonyl (C=O) groups is 2. The first-order valence-electron chi connectivity index (χ1n) is 9.08. The minimum Gasteiger partial charge on any atom is -0.341 e. The third kappa shape index (κ3) is 4.28. The molecular formula is C21H25N3O2. The Kier molecular flexibility index (Phi) is 5.66. The van der Waals surface area contributed by atoms with E-state index in [9.17, 15) is 9.59 Å². The molecule has 0 aliphatic carbocycles. The van der Waals surface area contributed by atoms with Crippen LogP contribution in [0.5, 0.6) is 0 Å². The first-order valence-corrected chi connectivity index (χ1v) is 9.08. The standard InChI is InChI=1S/C21H25N3O2/c1-16-4-5-19(17(2)14-16)15-20(25)23-10-3-11-24(13-12-23)21(26)18-6-8-22-9-7-18/h4-9,14H,3,10-13,15H2,1-2H3.